The number of benzene rings is 1. The third-order valence-corrected chi connectivity index (χ3v) is 2.00. The Balaban J connectivity index is 0.000000980. The van der Waals surface area contributed by atoms with Crippen molar-refractivity contribution in [1.82, 2.24) is 5.32 Å². The van der Waals surface area contributed by atoms with Gasteiger partial charge in [0.15, 0.2) is 11.5 Å². The second-order valence-electron chi connectivity index (χ2n) is 3.06. The van der Waals surface area contributed by atoms with Gasteiger partial charge in [0.05, 0.1) is 0 Å². The van der Waals surface area contributed by atoms with Crippen LogP contribution in [-0.4, -0.2) is 26.3 Å². The number of likely N-dealkylation sites (N-methyl/N-ethyl adjacent to an activating group) is 1. The summed E-state index contributed by atoms with van der Waals surface area (Å²) in [6.07, 6.45) is 0.125. The van der Waals surface area contributed by atoms with E-state index in [4.69, 9.17) is 9.47 Å². The van der Waals surface area contributed by atoms with Crippen LogP contribution in [0.1, 0.15) is 0 Å². The summed E-state index contributed by atoms with van der Waals surface area (Å²) in [7, 11) is 1.91. The predicted octanol–water partition coefficient (Wildman–Crippen LogP) is 1.47. The summed E-state index contributed by atoms with van der Waals surface area (Å²) in [6, 6.07) is 7.74. The third kappa shape index (κ3) is 2.30. The van der Waals surface area contributed by atoms with E-state index in [0.717, 1.165) is 18.0 Å². The van der Waals surface area contributed by atoms with Gasteiger partial charge in [-0.3, -0.25) is 0 Å². The standard InChI is InChI=1S/C10H13NO2.ClH/c1-11-6-8-7-12-9-4-2-3-5-10(9)13-8;/h2-5,8,11H,6-7H2,1H3;1H. The first-order valence-electron chi connectivity index (χ1n) is 4.43. The molecule has 1 aromatic rings. The molecule has 0 aromatic heterocycles. The molecule has 0 aliphatic carbocycles. The fourth-order valence-electron chi connectivity index (χ4n) is 1.39. The molecule has 0 amide bonds. The molecule has 1 aliphatic heterocycles. The van der Waals surface area contributed by atoms with Crippen molar-refractivity contribution in [3.63, 3.8) is 0 Å². The average Bonchev–Trinajstić information content (AvgIpc) is 2.18. The fourth-order valence-corrected chi connectivity index (χ4v) is 1.39. The van der Waals surface area contributed by atoms with Crippen LogP contribution in [0, 0.1) is 0 Å². The van der Waals surface area contributed by atoms with Crippen LogP contribution < -0.4 is 14.8 Å². The van der Waals surface area contributed by atoms with Crippen LogP contribution in [0.4, 0.5) is 0 Å². The summed E-state index contributed by atoms with van der Waals surface area (Å²) in [5, 5.41) is 3.06. The van der Waals surface area contributed by atoms with Gasteiger partial charge in [-0.1, -0.05) is 12.1 Å². The van der Waals surface area contributed by atoms with Crippen molar-refractivity contribution >= 4 is 12.4 Å². The Kier molecular flexibility index (Phi) is 4.04. The molecule has 0 radical (unpaired) electrons. The highest BCUT2D eigenvalue weighted by atomic mass is 35.5. The van der Waals surface area contributed by atoms with E-state index in [9.17, 15) is 0 Å². The van der Waals surface area contributed by atoms with Crippen molar-refractivity contribution in [1.29, 1.82) is 0 Å². The highest BCUT2D eigenvalue weighted by Crippen LogP contribution is 2.30. The van der Waals surface area contributed by atoms with E-state index in [0.29, 0.717) is 6.61 Å². The fraction of sp³-hybridized carbons (Fsp3) is 0.400. The average molecular weight is 216 g/mol. The maximum absolute atomic E-state index is 5.68. The lowest BCUT2D eigenvalue weighted by Crippen LogP contribution is -2.37. The summed E-state index contributed by atoms with van der Waals surface area (Å²) in [4.78, 5) is 0. The SMILES string of the molecule is CNCC1COc2ccccc2O1.Cl. The van der Waals surface area contributed by atoms with E-state index in [2.05, 4.69) is 5.32 Å². The molecule has 1 unspecified atom stereocenters. The zero-order valence-corrected chi connectivity index (χ0v) is 8.84. The zero-order chi connectivity index (χ0) is 9.10. The largest absolute Gasteiger partial charge is 0.486 e. The highest BCUT2D eigenvalue weighted by molar-refractivity contribution is 5.85. The molecule has 78 valence electrons. The quantitative estimate of drug-likeness (QED) is 0.811. The van der Waals surface area contributed by atoms with Crippen LogP contribution in [0.2, 0.25) is 0 Å². The first-order chi connectivity index (χ1) is 6.40. The van der Waals surface area contributed by atoms with Crippen LogP contribution in [0.3, 0.4) is 0 Å². The van der Waals surface area contributed by atoms with Crippen molar-refractivity contribution in [3.8, 4) is 11.5 Å². The van der Waals surface area contributed by atoms with Crippen molar-refractivity contribution in [2.75, 3.05) is 20.2 Å². The van der Waals surface area contributed by atoms with E-state index >= 15 is 0 Å². The molecular formula is C10H14ClNO2. The minimum atomic E-state index is 0. The van der Waals surface area contributed by atoms with Crippen molar-refractivity contribution in [3.05, 3.63) is 24.3 Å². The maximum atomic E-state index is 5.68. The minimum absolute atomic E-state index is 0. The molecular weight excluding hydrogens is 202 g/mol. The number of nitrogens with one attached hydrogen (secondary N) is 1. The molecule has 14 heavy (non-hydrogen) atoms. The molecule has 1 aliphatic rings. The first-order valence-corrected chi connectivity index (χ1v) is 4.43. The summed E-state index contributed by atoms with van der Waals surface area (Å²) in [5.74, 6) is 1.68. The molecule has 1 aromatic carbocycles. The molecule has 0 fully saturated rings. The number of halogens is 1. The van der Waals surface area contributed by atoms with E-state index in [1.54, 1.807) is 0 Å². The second kappa shape index (κ2) is 5.08. The normalized spacial score (nSPS) is 18.5. The Bertz CT molecular complexity index is 293. The molecule has 0 spiro atoms. The first kappa shape index (κ1) is 11.1. The lowest BCUT2D eigenvalue weighted by molar-refractivity contribution is 0.0919. The van der Waals surface area contributed by atoms with Crippen molar-refractivity contribution < 1.29 is 9.47 Å². The molecule has 1 N–H and O–H groups in total. The van der Waals surface area contributed by atoms with Gasteiger partial charge in [0, 0.05) is 6.54 Å². The molecule has 0 saturated heterocycles. The number of ether oxygens (including phenoxy) is 2. The summed E-state index contributed by atoms with van der Waals surface area (Å²) < 4.78 is 11.2. The van der Waals surface area contributed by atoms with Gasteiger partial charge in [0.1, 0.15) is 12.7 Å². The molecule has 1 atom stereocenters. The van der Waals surface area contributed by atoms with Crippen molar-refractivity contribution in [2.24, 2.45) is 0 Å². The van der Waals surface area contributed by atoms with Gasteiger partial charge in [-0.25, -0.2) is 0 Å². The van der Waals surface area contributed by atoms with Crippen LogP contribution in [-0.2, 0) is 0 Å². The lowest BCUT2D eigenvalue weighted by atomic mass is 10.2. The highest BCUT2D eigenvalue weighted by Gasteiger charge is 2.19. The molecule has 4 heteroatoms. The number of hydrogen-bond acceptors (Lipinski definition) is 3. The van der Waals surface area contributed by atoms with Gasteiger partial charge in [0.25, 0.3) is 0 Å². The smallest absolute Gasteiger partial charge is 0.161 e. The van der Waals surface area contributed by atoms with Crippen molar-refractivity contribution in [2.45, 2.75) is 6.10 Å². The number of fused-ring (bicyclic) bond motifs is 1. The van der Waals surface area contributed by atoms with Gasteiger partial charge in [0.2, 0.25) is 0 Å². The number of para-hydroxylation sites is 2. The molecule has 2 rings (SSSR count). The van der Waals surface area contributed by atoms with Crippen LogP contribution in [0.15, 0.2) is 24.3 Å². The maximum Gasteiger partial charge on any atom is 0.161 e. The van der Waals surface area contributed by atoms with E-state index in [-0.39, 0.29) is 18.5 Å². The second-order valence-corrected chi connectivity index (χ2v) is 3.06. The van der Waals surface area contributed by atoms with Gasteiger partial charge in [-0.15, -0.1) is 12.4 Å². The minimum Gasteiger partial charge on any atom is -0.486 e. The Labute approximate surface area is 89.8 Å². The number of hydrogen-bond donors (Lipinski definition) is 1. The van der Waals surface area contributed by atoms with Crippen LogP contribution >= 0.6 is 12.4 Å². The molecule has 1 heterocycles. The predicted molar refractivity (Wildman–Crippen MR) is 57.5 cm³/mol. The Morgan fingerprint density at radius 2 is 2.07 bits per heavy atom. The number of rotatable bonds is 2. The van der Waals surface area contributed by atoms with E-state index < -0.39 is 0 Å². The van der Waals surface area contributed by atoms with Gasteiger partial charge in [-0.05, 0) is 19.2 Å². The lowest BCUT2D eigenvalue weighted by Gasteiger charge is -2.26. The Hall–Kier alpha value is -0.930. The third-order valence-electron chi connectivity index (χ3n) is 2.00. The van der Waals surface area contributed by atoms with E-state index in [1.165, 1.54) is 0 Å². The molecule has 0 bridgehead atoms. The van der Waals surface area contributed by atoms with Crippen LogP contribution in [0.5, 0.6) is 11.5 Å². The van der Waals surface area contributed by atoms with Gasteiger partial charge < -0.3 is 14.8 Å². The van der Waals surface area contributed by atoms with E-state index in [1.807, 2.05) is 31.3 Å². The molecule has 0 saturated carbocycles. The Morgan fingerprint density at radius 1 is 1.36 bits per heavy atom. The zero-order valence-electron chi connectivity index (χ0n) is 8.03. The summed E-state index contributed by atoms with van der Waals surface area (Å²) >= 11 is 0. The topological polar surface area (TPSA) is 30.5 Å². The van der Waals surface area contributed by atoms with Gasteiger partial charge in [-0.2, -0.15) is 0 Å². The van der Waals surface area contributed by atoms with Crippen LogP contribution in [0.25, 0.3) is 0 Å². The monoisotopic (exact) mass is 215 g/mol. The Morgan fingerprint density at radius 3 is 2.79 bits per heavy atom. The molecule has 3 nitrogen and oxygen atoms in total. The van der Waals surface area contributed by atoms with Gasteiger partial charge >= 0.3 is 0 Å². The summed E-state index contributed by atoms with van der Waals surface area (Å²) in [5.41, 5.74) is 0. The summed E-state index contributed by atoms with van der Waals surface area (Å²) in [6.45, 7) is 1.44.